The average molecular weight is 430 g/mol. The van der Waals surface area contributed by atoms with Crippen molar-refractivity contribution in [3.05, 3.63) is 77.1 Å². The van der Waals surface area contributed by atoms with Crippen molar-refractivity contribution >= 4 is 16.8 Å². The molecule has 0 saturated carbocycles. The number of halogens is 1. The number of aromatic nitrogens is 3. The fourth-order valence-electron chi connectivity index (χ4n) is 4.22. The molecule has 7 heteroatoms. The van der Waals surface area contributed by atoms with Crippen molar-refractivity contribution in [2.24, 2.45) is 0 Å². The predicted molar refractivity (Wildman–Crippen MR) is 120 cm³/mol. The standard InChI is InChI=1S/C25H23FN4O2/c1-14-11-27-15(2)24(30-14)21-10-18(26)7-16-8-19(32-25(16)21)13-29-23(31)9-17-12-28-22-6-4-3-5-20(17)22/h3-7,10-12,19,28H,8-9,13H2,1-2H3,(H,29,31)/t19-/m1/s1. The van der Waals surface area contributed by atoms with E-state index < -0.39 is 0 Å². The van der Waals surface area contributed by atoms with E-state index in [2.05, 4.69) is 20.3 Å². The molecule has 1 atom stereocenters. The first-order chi connectivity index (χ1) is 15.5. The fourth-order valence-corrected chi connectivity index (χ4v) is 4.22. The number of aryl methyl sites for hydroxylation is 2. The second kappa shape index (κ2) is 8.07. The maximum absolute atomic E-state index is 14.3. The van der Waals surface area contributed by atoms with Gasteiger partial charge in [-0.1, -0.05) is 18.2 Å². The molecule has 1 amide bonds. The van der Waals surface area contributed by atoms with Crippen LogP contribution in [-0.2, 0) is 17.6 Å². The summed E-state index contributed by atoms with van der Waals surface area (Å²) in [6.07, 6.45) is 4.08. The molecule has 1 aliphatic rings. The number of para-hydroxylation sites is 1. The zero-order chi connectivity index (χ0) is 22.2. The van der Waals surface area contributed by atoms with E-state index in [4.69, 9.17) is 4.74 Å². The molecule has 0 saturated heterocycles. The van der Waals surface area contributed by atoms with Gasteiger partial charge in [-0.2, -0.15) is 0 Å². The first-order valence-corrected chi connectivity index (χ1v) is 10.6. The van der Waals surface area contributed by atoms with Crippen molar-refractivity contribution in [1.82, 2.24) is 20.3 Å². The van der Waals surface area contributed by atoms with Gasteiger partial charge >= 0.3 is 0 Å². The first-order valence-electron chi connectivity index (χ1n) is 10.6. The zero-order valence-corrected chi connectivity index (χ0v) is 17.9. The van der Waals surface area contributed by atoms with E-state index in [1.807, 2.05) is 44.3 Å². The summed E-state index contributed by atoms with van der Waals surface area (Å²) in [5.41, 5.74) is 5.41. The lowest BCUT2D eigenvalue weighted by molar-refractivity contribution is -0.120. The molecule has 5 rings (SSSR count). The number of fused-ring (bicyclic) bond motifs is 2. The summed E-state index contributed by atoms with van der Waals surface area (Å²) in [6.45, 7) is 4.04. The summed E-state index contributed by atoms with van der Waals surface area (Å²) >= 11 is 0. The number of carbonyl (C=O) groups is 1. The summed E-state index contributed by atoms with van der Waals surface area (Å²) in [5.74, 6) is 0.195. The number of hydrogen-bond donors (Lipinski definition) is 2. The second-order valence-electron chi connectivity index (χ2n) is 8.17. The van der Waals surface area contributed by atoms with Gasteiger partial charge in [0.1, 0.15) is 17.7 Å². The second-order valence-corrected chi connectivity index (χ2v) is 8.17. The Hall–Kier alpha value is -3.74. The Balaban J connectivity index is 1.29. The molecule has 4 aromatic rings. The van der Waals surface area contributed by atoms with Crippen LogP contribution in [0.15, 0.2) is 48.8 Å². The SMILES string of the molecule is Cc1cnc(C)c(-c2cc(F)cc3c2O[C@@H](CNC(=O)Cc2c[nH]c4ccccc24)C3)n1. The number of nitrogens with one attached hydrogen (secondary N) is 2. The van der Waals surface area contributed by atoms with Gasteiger partial charge in [0, 0.05) is 40.8 Å². The maximum atomic E-state index is 14.3. The summed E-state index contributed by atoms with van der Waals surface area (Å²) in [6, 6.07) is 10.8. The van der Waals surface area contributed by atoms with Gasteiger partial charge in [0.2, 0.25) is 5.91 Å². The monoisotopic (exact) mass is 430 g/mol. The van der Waals surface area contributed by atoms with Crippen molar-refractivity contribution < 1.29 is 13.9 Å². The van der Waals surface area contributed by atoms with Crippen LogP contribution in [0.4, 0.5) is 4.39 Å². The normalized spacial score (nSPS) is 14.9. The summed E-state index contributed by atoms with van der Waals surface area (Å²) in [7, 11) is 0. The van der Waals surface area contributed by atoms with Gasteiger partial charge in [-0.25, -0.2) is 9.37 Å². The molecule has 2 N–H and O–H groups in total. The Labute approximate surface area is 184 Å². The Morgan fingerprint density at radius 2 is 2.12 bits per heavy atom. The van der Waals surface area contributed by atoms with Crippen LogP contribution in [0.25, 0.3) is 22.2 Å². The van der Waals surface area contributed by atoms with E-state index in [1.165, 1.54) is 12.1 Å². The van der Waals surface area contributed by atoms with Crippen LogP contribution in [0.2, 0.25) is 0 Å². The minimum absolute atomic E-state index is 0.0823. The molecule has 0 radical (unpaired) electrons. The Morgan fingerprint density at radius 3 is 3.00 bits per heavy atom. The maximum Gasteiger partial charge on any atom is 0.224 e. The Kier molecular flexibility index (Phi) is 5.09. The molecule has 0 bridgehead atoms. The smallest absolute Gasteiger partial charge is 0.224 e. The summed E-state index contributed by atoms with van der Waals surface area (Å²) in [5, 5.41) is 4.00. The van der Waals surface area contributed by atoms with Crippen LogP contribution in [-0.4, -0.2) is 33.5 Å². The predicted octanol–water partition coefficient (Wildman–Crippen LogP) is 4.04. The third-order valence-corrected chi connectivity index (χ3v) is 5.75. The van der Waals surface area contributed by atoms with E-state index in [0.29, 0.717) is 35.7 Å². The number of amides is 1. The van der Waals surface area contributed by atoms with Crippen molar-refractivity contribution in [2.45, 2.75) is 32.8 Å². The number of rotatable bonds is 5. The minimum Gasteiger partial charge on any atom is -0.487 e. The van der Waals surface area contributed by atoms with Gasteiger partial charge in [-0.3, -0.25) is 9.78 Å². The van der Waals surface area contributed by atoms with E-state index in [1.54, 1.807) is 6.20 Å². The van der Waals surface area contributed by atoms with Crippen molar-refractivity contribution in [2.75, 3.05) is 6.54 Å². The summed E-state index contributed by atoms with van der Waals surface area (Å²) < 4.78 is 20.5. The van der Waals surface area contributed by atoms with E-state index in [9.17, 15) is 9.18 Å². The number of carbonyl (C=O) groups excluding carboxylic acids is 1. The fraction of sp³-hybridized carbons (Fsp3) is 0.240. The highest BCUT2D eigenvalue weighted by Gasteiger charge is 2.28. The highest BCUT2D eigenvalue weighted by molar-refractivity contribution is 5.88. The van der Waals surface area contributed by atoms with Crippen molar-refractivity contribution in [3.63, 3.8) is 0 Å². The molecule has 3 heterocycles. The lowest BCUT2D eigenvalue weighted by Crippen LogP contribution is -2.35. The van der Waals surface area contributed by atoms with Gasteiger partial charge < -0.3 is 15.0 Å². The third kappa shape index (κ3) is 3.82. The van der Waals surface area contributed by atoms with Gasteiger partial charge in [-0.05, 0) is 37.6 Å². The lowest BCUT2D eigenvalue weighted by Gasteiger charge is -2.14. The van der Waals surface area contributed by atoms with Crippen molar-refractivity contribution in [1.29, 1.82) is 0 Å². The molecule has 162 valence electrons. The number of benzene rings is 2. The topological polar surface area (TPSA) is 79.9 Å². The van der Waals surface area contributed by atoms with E-state index in [-0.39, 0.29) is 24.2 Å². The Morgan fingerprint density at radius 1 is 1.28 bits per heavy atom. The van der Waals surface area contributed by atoms with Crippen LogP contribution in [0.1, 0.15) is 22.5 Å². The molecule has 0 unspecified atom stereocenters. The number of ether oxygens (including phenoxy) is 1. The molecule has 0 spiro atoms. The molecule has 0 aliphatic carbocycles. The van der Waals surface area contributed by atoms with Gasteiger partial charge in [0.25, 0.3) is 0 Å². The zero-order valence-electron chi connectivity index (χ0n) is 17.9. The van der Waals surface area contributed by atoms with Crippen LogP contribution in [0.5, 0.6) is 5.75 Å². The number of nitrogens with zero attached hydrogens (tertiary/aromatic N) is 2. The highest BCUT2D eigenvalue weighted by Crippen LogP contribution is 2.39. The average Bonchev–Trinajstić information content (AvgIpc) is 3.37. The van der Waals surface area contributed by atoms with Crippen LogP contribution in [0, 0.1) is 19.7 Å². The molecular weight excluding hydrogens is 407 g/mol. The van der Waals surface area contributed by atoms with Crippen LogP contribution >= 0.6 is 0 Å². The lowest BCUT2D eigenvalue weighted by atomic mass is 10.0. The largest absolute Gasteiger partial charge is 0.487 e. The van der Waals surface area contributed by atoms with Crippen LogP contribution < -0.4 is 10.1 Å². The molecular formula is C25H23FN4O2. The number of aromatic amines is 1. The third-order valence-electron chi connectivity index (χ3n) is 5.75. The Bertz CT molecular complexity index is 1330. The van der Waals surface area contributed by atoms with Gasteiger partial charge in [0.15, 0.2) is 0 Å². The first kappa shape index (κ1) is 20.2. The quantitative estimate of drug-likeness (QED) is 0.501. The van der Waals surface area contributed by atoms with Crippen LogP contribution in [0.3, 0.4) is 0 Å². The van der Waals surface area contributed by atoms with Gasteiger partial charge in [0.05, 0.1) is 30.0 Å². The highest BCUT2D eigenvalue weighted by atomic mass is 19.1. The minimum atomic E-state index is -0.339. The van der Waals surface area contributed by atoms with Crippen molar-refractivity contribution in [3.8, 4) is 17.0 Å². The molecule has 32 heavy (non-hydrogen) atoms. The van der Waals surface area contributed by atoms with Gasteiger partial charge in [-0.15, -0.1) is 0 Å². The van der Waals surface area contributed by atoms with E-state index >= 15 is 0 Å². The molecule has 6 nitrogen and oxygen atoms in total. The molecule has 2 aromatic carbocycles. The summed E-state index contributed by atoms with van der Waals surface area (Å²) in [4.78, 5) is 24.6. The molecule has 2 aromatic heterocycles. The van der Waals surface area contributed by atoms with E-state index in [0.717, 1.165) is 27.7 Å². The number of hydrogen-bond acceptors (Lipinski definition) is 4. The molecule has 1 aliphatic heterocycles. The number of H-pyrrole nitrogens is 1. The molecule has 0 fully saturated rings.